The lowest BCUT2D eigenvalue weighted by Gasteiger charge is -2.28. The van der Waals surface area contributed by atoms with Gasteiger partial charge in [-0.25, -0.2) is 9.59 Å². The number of allylic oxidation sites excluding steroid dienone is 1. The molecule has 4 aromatic rings. The molecule has 12 heteroatoms. The van der Waals surface area contributed by atoms with Crippen LogP contribution in [-0.4, -0.2) is 54.4 Å². The van der Waals surface area contributed by atoms with Crippen LogP contribution in [-0.2, 0) is 16.1 Å². The third kappa shape index (κ3) is 7.11. The maximum Gasteiger partial charge on any atom is 0.337 e. The van der Waals surface area contributed by atoms with Crippen molar-refractivity contribution in [1.29, 1.82) is 0 Å². The fourth-order valence-electron chi connectivity index (χ4n) is 5.41. The van der Waals surface area contributed by atoms with Crippen LogP contribution in [0.15, 0.2) is 83.1 Å². The molecule has 0 saturated carbocycles. The zero-order valence-electron chi connectivity index (χ0n) is 26.0. The summed E-state index contributed by atoms with van der Waals surface area (Å²) in [4.78, 5) is 24.7. The van der Waals surface area contributed by atoms with E-state index in [4.69, 9.17) is 25.8 Å². The summed E-state index contributed by atoms with van der Waals surface area (Å²) in [7, 11) is 1.28. The Labute approximate surface area is 271 Å². The number of para-hydroxylation sites is 1. The second kappa shape index (κ2) is 14.4. The smallest absolute Gasteiger partial charge is 0.337 e. The lowest BCUT2D eigenvalue weighted by molar-refractivity contribution is -0.136. The molecule has 0 saturated heterocycles. The number of hydrogen-bond acceptors (Lipinski definition) is 8. The number of rotatable bonds is 12. The van der Waals surface area contributed by atoms with Crippen molar-refractivity contribution in [3.05, 3.63) is 105 Å². The van der Waals surface area contributed by atoms with E-state index in [1.165, 1.54) is 7.11 Å². The molecule has 2 atom stereocenters. The minimum Gasteiger partial charge on any atom is -0.490 e. The van der Waals surface area contributed by atoms with Gasteiger partial charge in [0.2, 0.25) is 0 Å². The Balaban J connectivity index is 1.28. The van der Waals surface area contributed by atoms with Gasteiger partial charge in [-0.05, 0) is 62.2 Å². The fraction of sp³-hybridized carbons (Fsp3) is 0.265. The fourth-order valence-corrected chi connectivity index (χ4v) is 5.53. The monoisotopic (exact) mass is 645 g/mol. The number of aliphatic hydroxyl groups is 1. The number of amides is 2. The van der Waals surface area contributed by atoms with Crippen LogP contribution in [0.4, 0.5) is 4.79 Å². The number of carbonyl (C=O) groups excluding carboxylic acids is 2. The molecule has 1 aromatic heterocycles. The highest BCUT2D eigenvalue weighted by Gasteiger charge is 2.32. The van der Waals surface area contributed by atoms with Crippen molar-refractivity contribution in [1.82, 2.24) is 20.6 Å². The van der Waals surface area contributed by atoms with Gasteiger partial charge >= 0.3 is 12.0 Å². The van der Waals surface area contributed by atoms with Crippen molar-refractivity contribution < 1.29 is 28.9 Å². The van der Waals surface area contributed by atoms with Crippen molar-refractivity contribution in [2.24, 2.45) is 5.10 Å². The molecule has 2 heterocycles. The Morgan fingerprint density at radius 1 is 1.11 bits per heavy atom. The van der Waals surface area contributed by atoms with E-state index in [-0.39, 0.29) is 12.2 Å². The Morgan fingerprint density at radius 3 is 2.61 bits per heavy atom. The van der Waals surface area contributed by atoms with Gasteiger partial charge in [-0.3, -0.25) is 5.43 Å². The molecule has 2 amide bonds. The molecule has 240 valence electrons. The Kier molecular flexibility index (Phi) is 10.1. The summed E-state index contributed by atoms with van der Waals surface area (Å²) in [6, 6.07) is 19.7. The highest BCUT2D eigenvalue weighted by molar-refractivity contribution is 6.30. The van der Waals surface area contributed by atoms with Gasteiger partial charge in [0.25, 0.3) is 0 Å². The quantitative estimate of drug-likeness (QED) is 0.0722. The minimum absolute atomic E-state index is 0.134. The van der Waals surface area contributed by atoms with E-state index in [9.17, 15) is 14.7 Å². The number of esters is 1. The molecule has 4 N–H and O–H groups in total. The predicted octanol–water partition coefficient (Wildman–Crippen LogP) is 5.17. The summed E-state index contributed by atoms with van der Waals surface area (Å²) in [6.45, 7) is 6.38. The number of methoxy groups -OCH3 is 1. The molecule has 0 unspecified atom stereocenters. The summed E-state index contributed by atoms with van der Waals surface area (Å²) in [6.07, 6.45) is 0.565. The third-order valence-electron chi connectivity index (χ3n) is 7.62. The SMILES string of the molecule is CCOc1cc([C@H]2NC(=O)NC(C)=C2C(=O)OC)ccc1OC[C@@H](O)N/N=C\c1c(C)n(Cc2ccc(Cl)cc2)c2ccccc12. The average molecular weight is 646 g/mol. The molecule has 1 aliphatic rings. The molecule has 0 radical (unpaired) electrons. The number of carbonyl (C=O) groups is 2. The van der Waals surface area contributed by atoms with E-state index in [0.717, 1.165) is 27.7 Å². The van der Waals surface area contributed by atoms with E-state index in [2.05, 4.69) is 31.8 Å². The molecule has 0 bridgehead atoms. The van der Waals surface area contributed by atoms with Crippen LogP contribution in [0.2, 0.25) is 5.02 Å². The minimum atomic E-state index is -1.13. The first kappa shape index (κ1) is 32.4. The molecule has 11 nitrogen and oxygen atoms in total. The van der Waals surface area contributed by atoms with E-state index >= 15 is 0 Å². The van der Waals surface area contributed by atoms with Crippen LogP contribution < -0.4 is 25.5 Å². The van der Waals surface area contributed by atoms with Crippen LogP contribution in [0.25, 0.3) is 10.9 Å². The van der Waals surface area contributed by atoms with Crippen LogP contribution >= 0.6 is 11.6 Å². The number of urea groups is 1. The third-order valence-corrected chi connectivity index (χ3v) is 7.87. The number of aliphatic hydroxyl groups excluding tert-OH is 1. The zero-order valence-corrected chi connectivity index (χ0v) is 26.7. The van der Waals surface area contributed by atoms with Crippen LogP contribution in [0, 0.1) is 6.92 Å². The second-order valence-electron chi connectivity index (χ2n) is 10.6. The van der Waals surface area contributed by atoms with Gasteiger partial charge in [0.1, 0.15) is 6.61 Å². The number of halogens is 1. The van der Waals surface area contributed by atoms with Gasteiger partial charge in [0, 0.05) is 39.4 Å². The van der Waals surface area contributed by atoms with Crippen LogP contribution in [0.5, 0.6) is 11.5 Å². The van der Waals surface area contributed by atoms with Crippen molar-refractivity contribution in [3.8, 4) is 11.5 Å². The number of hydrogen-bond donors (Lipinski definition) is 4. The predicted molar refractivity (Wildman–Crippen MR) is 176 cm³/mol. The van der Waals surface area contributed by atoms with Crippen molar-refractivity contribution in [2.45, 2.75) is 39.6 Å². The summed E-state index contributed by atoms with van der Waals surface area (Å²) >= 11 is 6.07. The Morgan fingerprint density at radius 2 is 1.87 bits per heavy atom. The van der Waals surface area contributed by atoms with Crippen LogP contribution in [0.1, 0.15) is 42.3 Å². The molecule has 5 rings (SSSR count). The molecule has 46 heavy (non-hydrogen) atoms. The van der Waals surface area contributed by atoms with Crippen LogP contribution in [0.3, 0.4) is 0 Å². The molecule has 1 aliphatic heterocycles. The number of hydrazone groups is 1. The topological polar surface area (TPSA) is 135 Å². The number of nitrogens with one attached hydrogen (secondary N) is 3. The Bertz CT molecular complexity index is 1800. The van der Waals surface area contributed by atoms with E-state index in [0.29, 0.717) is 40.9 Å². The molecular formula is C34H36ClN5O6. The first-order valence-electron chi connectivity index (χ1n) is 14.7. The summed E-state index contributed by atoms with van der Waals surface area (Å²) in [5.41, 5.74) is 8.15. The number of ether oxygens (including phenoxy) is 3. The highest BCUT2D eigenvalue weighted by atomic mass is 35.5. The molecule has 3 aromatic carbocycles. The second-order valence-corrected chi connectivity index (χ2v) is 11.1. The average Bonchev–Trinajstić information content (AvgIpc) is 3.30. The van der Waals surface area contributed by atoms with Crippen molar-refractivity contribution in [3.63, 3.8) is 0 Å². The first-order valence-corrected chi connectivity index (χ1v) is 15.1. The Hall–Kier alpha value is -5.00. The number of nitrogens with zero attached hydrogens (tertiary/aromatic N) is 2. The lowest BCUT2D eigenvalue weighted by atomic mass is 9.95. The van der Waals surface area contributed by atoms with Crippen molar-refractivity contribution in [2.75, 3.05) is 20.3 Å². The maximum atomic E-state index is 12.5. The van der Waals surface area contributed by atoms with Gasteiger partial charge in [-0.1, -0.05) is 48.0 Å². The lowest BCUT2D eigenvalue weighted by Crippen LogP contribution is -2.45. The summed E-state index contributed by atoms with van der Waals surface area (Å²) < 4.78 is 18.8. The van der Waals surface area contributed by atoms with Gasteiger partial charge < -0.3 is 34.5 Å². The normalized spacial score (nSPS) is 15.4. The zero-order chi connectivity index (χ0) is 32.8. The number of aromatic nitrogens is 1. The number of fused-ring (bicyclic) bond motifs is 1. The highest BCUT2D eigenvalue weighted by Crippen LogP contribution is 2.35. The van der Waals surface area contributed by atoms with Crippen molar-refractivity contribution >= 4 is 40.7 Å². The van der Waals surface area contributed by atoms with E-state index in [1.54, 1.807) is 31.3 Å². The van der Waals surface area contributed by atoms with E-state index in [1.807, 2.05) is 56.3 Å². The van der Waals surface area contributed by atoms with Gasteiger partial charge in [-0.15, -0.1) is 0 Å². The van der Waals surface area contributed by atoms with E-state index < -0.39 is 24.3 Å². The van der Waals surface area contributed by atoms with Gasteiger partial charge in [0.15, 0.2) is 17.7 Å². The molecule has 0 spiro atoms. The summed E-state index contributed by atoms with van der Waals surface area (Å²) in [5, 5.41) is 22.0. The first-order chi connectivity index (χ1) is 22.2. The summed E-state index contributed by atoms with van der Waals surface area (Å²) in [5.74, 6) is 0.191. The molecule has 0 fully saturated rings. The number of benzene rings is 3. The maximum absolute atomic E-state index is 12.5. The standard InChI is InChI=1S/C34H36ClN5O6/c1-5-45-29-16-23(32-31(33(42)44-4)20(2)37-34(43)38-32)12-15-28(29)46-19-30(41)39-36-17-26-21(3)40(27-9-7-6-8-25(26)27)18-22-10-13-24(35)14-11-22/h6-17,30,32,39,41H,5,18-19H2,1-4H3,(H2,37,38,43)/b36-17-/t30-,32-/m1/s1. The molecule has 0 aliphatic carbocycles. The van der Waals surface area contributed by atoms with Gasteiger partial charge in [0.05, 0.1) is 31.5 Å². The largest absolute Gasteiger partial charge is 0.490 e. The van der Waals surface area contributed by atoms with Gasteiger partial charge in [-0.2, -0.15) is 5.10 Å². The molecular weight excluding hydrogens is 610 g/mol.